The van der Waals surface area contributed by atoms with Crippen molar-refractivity contribution in [3.63, 3.8) is 0 Å². The first-order valence-electron chi connectivity index (χ1n) is 5.71. The number of hydrogen-bond acceptors (Lipinski definition) is 3. The van der Waals surface area contributed by atoms with E-state index in [1.54, 1.807) is 0 Å². The zero-order chi connectivity index (χ0) is 10.5. The fourth-order valence-electron chi connectivity index (χ4n) is 2.18. The zero-order valence-electron chi connectivity index (χ0n) is 8.82. The van der Waals surface area contributed by atoms with Crippen molar-refractivity contribution >= 4 is 11.6 Å². The van der Waals surface area contributed by atoms with Crippen molar-refractivity contribution in [2.24, 2.45) is 0 Å². The Morgan fingerprint density at radius 2 is 1.73 bits per heavy atom. The predicted molar refractivity (Wildman–Crippen MR) is 59.9 cm³/mol. The van der Waals surface area contributed by atoms with Gasteiger partial charge in [0.25, 0.3) is 0 Å². The van der Waals surface area contributed by atoms with Crippen LogP contribution in [0, 0.1) is 0 Å². The Morgan fingerprint density at radius 1 is 1.07 bits per heavy atom. The Morgan fingerprint density at radius 3 is 2.40 bits per heavy atom. The van der Waals surface area contributed by atoms with E-state index in [2.05, 4.69) is 15.2 Å². The van der Waals surface area contributed by atoms with Crippen LogP contribution < -0.4 is 0 Å². The fraction of sp³-hybridized carbons (Fsp3) is 0.727. The van der Waals surface area contributed by atoms with Gasteiger partial charge in [-0.05, 0) is 12.8 Å². The Balaban J connectivity index is 2.06. The molecule has 0 saturated heterocycles. The molecule has 1 aliphatic rings. The molecule has 82 valence electrons. The van der Waals surface area contributed by atoms with Crippen LogP contribution in [0.4, 0.5) is 0 Å². The summed E-state index contributed by atoms with van der Waals surface area (Å²) in [5.41, 5.74) is 0. The van der Waals surface area contributed by atoms with Gasteiger partial charge in [-0.2, -0.15) is 5.10 Å². The molecule has 1 aromatic rings. The SMILES string of the molecule is Clc1cnnc(C2CCCCCCC2)n1. The van der Waals surface area contributed by atoms with Gasteiger partial charge in [0, 0.05) is 5.92 Å². The van der Waals surface area contributed by atoms with E-state index in [-0.39, 0.29) is 0 Å². The lowest BCUT2D eigenvalue weighted by molar-refractivity contribution is 0.439. The minimum Gasteiger partial charge on any atom is -0.217 e. The van der Waals surface area contributed by atoms with Crippen LogP contribution in [0.3, 0.4) is 0 Å². The Kier molecular flexibility index (Phi) is 3.89. The van der Waals surface area contributed by atoms with E-state index < -0.39 is 0 Å². The summed E-state index contributed by atoms with van der Waals surface area (Å²) in [5, 5.41) is 8.42. The highest BCUT2D eigenvalue weighted by Crippen LogP contribution is 2.28. The molecule has 2 rings (SSSR count). The quantitative estimate of drug-likeness (QED) is 0.736. The normalized spacial score (nSPS) is 19.5. The lowest BCUT2D eigenvalue weighted by Gasteiger charge is -2.17. The number of aromatic nitrogens is 3. The van der Waals surface area contributed by atoms with Crippen molar-refractivity contribution in [3.05, 3.63) is 17.2 Å². The fourth-order valence-corrected chi connectivity index (χ4v) is 2.31. The van der Waals surface area contributed by atoms with E-state index in [4.69, 9.17) is 11.6 Å². The van der Waals surface area contributed by atoms with Crippen LogP contribution in [-0.2, 0) is 0 Å². The minimum atomic E-state index is 0.460. The third kappa shape index (κ3) is 3.13. The van der Waals surface area contributed by atoms with Crippen molar-refractivity contribution in [3.8, 4) is 0 Å². The predicted octanol–water partition coefficient (Wildman–Crippen LogP) is 3.35. The van der Waals surface area contributed by atoms with Crippen LogP contribution in [0.25, 0.3) is 0 Å². The van der Waals surface area contributed by atoms with Gasteiger partial charge in [0.1, 0.15) is 0 Å². The standard InChI is InChI=1S/C11H16ClN3/c12-10-8-13-15-11(14-10)9-6-4-2-1-3-5-7-9/h8-9H,1-7H2. The van der Waals surface area contributed by atoms with Gasteiger partial charge in [0.2, 0.25) is 0 Å². The van der Waals surface area contributed by atoms with E-state index in [1.165, 1.54) is 51.1 Å². The molecule has 0 amide bonds. The van der Waals surface area contributed by atoms with Gasteiger partial charge in [-0.25, -0.2) is 4.98 Å². The second-order valence-corrected chi connectivity index (χ2v) is 4.57. The lowest BCUT2D eigenvalue weighted by atomic mass is 9.91. The molecule has 3 nitrogen and oxygen atoms in total. The molecule has 0 radical (unpaired) electrons. The van der Waals surface area contributed by atoms with Gasteiger partial charge in [0.15, 0.2) is 11.0 Å². The van der Waals surface area contributed by atoms with Gasteiger partial charge < -0.3 is 0 Å². The highest BCUT2D eigenvalue weighted by atomic mass is 35.5. The topological polar surface area (TPSA) is 38.7 Å². The summed E-state index contributed by atoms with van der Waals surface area (Å²) in [6.07, 6.45) is 10.5. The molecule has 15 heavy (non-hydrogen) atoms. The molecule has 4 heteroatoms. The van der Waals surface area contributed by atoms with E-state index in [1.807, 2.05) is 0 Å². The first-order chi connectivity index (χ1) is 7.36. The third-order valence-electron chi connectivity index (χ3n) is 3.02. The average molecular weight is 226 g/mol. The van der Waals surface area contributed by atoms with E-state index in [0.29, 0.717) is 11.1 Å². The molecule has 1 fully saturated rings. The first-order valence-corrected chi connectivity index (χ1v) is 6.09. The van der Waals surface area contributed by atoms with Crippen LogP contribution in [-0.4, -0.2) is 15.2 Å². The number of rotatable bonds is 1. The molecule has 1 heterocycles. The molecule has 0 bridgehead atoms. The largest absolute Gasteiger partial charge is 0.217 e. The highest BCUT2D eigenvalue weighted by Gasteiger charge is 2.16. The average Bonchev–Trinajstić information content (AvgIpc) is 2.16. The molecule has 1 aromatic heterocycles. The monoisotopic (exact) mass is 225 g/mol. The summed E-state index contributed by atoms with van der Waals surface area (Å²) in [6.45, 7) is 0. The van der Waals surface area contributed by atoms with Gasteiger partial charge in [0.05, 0.1) is 6.20 Å². The molecule has 0 aromatic carbocycles. The van der Waals surface area contributed by atoms with Gasteiger partial charge in [-0.1, -0.05) is 43.7 Å². The smallest absolute Gasteiger partial charge is 0.155 e. The van der Waals surface area contributed by atoms with E-state index in [9.17, 15) is 0 Å². The van der Waals surface area contributed by atoms with Crippen LogP contribution in [0.2, 0.25) is 5.15 Å². The summed E-state index contributed by atoms with van der Waals surface area (Å²) in [7, 11) is 0. The Bertz CT molecular complexity index is 308. The summed E-state index contributed by atoms with van der Waals surface area (Å²) >= 11 is 5.82. The maximum absolute atomic E-state index is 5.82. The van der Waals surface area contributed by atoms with Crippen molar-refractivity contribution < 1.29 is 0 Å². The van der Waals surface area contributed by atoms with Crippen LogP contribution in [0.5, 0.6) is 0 Å². The molecular formula is C11H16ClN3. The molecule has 0 atom stereocenters. The highest BCUT2D eigenvalue weighted by molar-refractivity contribution is 6.29. The maximum atomic E-state index is 5.82. The summed E-state index contributed by atoms with van der Waals surface area (Å²) in [6, 6.07) is 0. The number of nitrogens with zero attached hydrogens (tertiary/aromatic N) is 3. The zero-order valence-corrected chi connectivity index (χ0v) is 9.58. The number of hydrogen-bond donors (Lipinski definition) is 0. The van der Waals surface area contributed by atoms with Crippen molar-refractivity contribution in [2.75, 3.05) is 0 Å². The summed E-state index contributed by atoms with van der Waals surface area (Å²) in [4.78, 5) is 4.26. The molecule has 1 saturated carbocycles. The van der Waals surface area contributed by atoms with Crippen LogP contribution in [0.1, 0.15) is 56.7 Å². The minimum absolute atomic E-state index is 0.460. The molecule has 0 N–H and O–H groups in total. The van der Waals surface area contributed by atoms with Gasteiger partial charge in [-0.15, -0.1) is 5.10 Å². The second-order valence-electron chi connectivity index (χ2n) is 4.18. The van der Waals surface area contributed by atoms with Crippen LogP contribution in [0.15, 0.2) is 6.20 Å². The molecular weight excluding hydrogens is 210 g/mol. The Hall–Kier alpha value is -0.700. The Labute approximate surface area is 95.3 Å². The lowest BCUT2D eigenvalue weighted by Crippen LogP contribution is -2.07. The molecule has 0 spiro atoms. The molecule has 0 aliphatic heterocycles. The summed E-state index contributed by atoms with van der Waals surface area (Å²) in [5.74, 6) is 1.31. The maximum Gasteiger partial charge on any atom is 0.155 e. The summed E-state index contributed by atoms with van der Waals surface area (Å²) < 4.78 is 0. The van der Waals surface area contributed by atoms with Crippen LogP contribution >= 0.6 is 11.6 Å². The van der Waals surface area contributed by atoms with E-state index in [0.717, 1.165) is 5.82 Å². The first kappa shape index (κ1) is 10.8. The molecule has 1 aliphatic carbocycles. The van der Waals surface area contributed by atoms with Crippen molar-refractivity contribution in [2.45, 2.75) is 50.9 Å². The number of halogens is 1. The molecule has 0 unspecified atom stereocenters. The second kappa shape index (κ2) is 5.40. The van der Waals surface area contributed by atoms with Crippen molar-refractivity contribution in [1.82, 2.24) is 15.2 Å². The van der Waals surface area contributed by atoms with Gasteiger partial charge >= 0.3 is 0 Å². The van der Waals surface area contributed by atoms with Crippen molar-refractivity contribution in [1.29, 1.82) is 0 Å². The van der Waals surface area contributed by atoms with E-state index >= 15 is 0 Å². The van der Waals surface area contributed by atoms with Gasteiger partial charge in [-0.3, -0.25) is 0 Å². The third-order valence-corrected chi connectivity index (χ3v) is 3.20.